The smallest absolute Gasteiger partial charge is 0.293 e. The average molecular weight is 371 g/mol. The fourth-order valence-electron chi connectivity index (χ4n) is 3.20. The van der Waals surface area contributed by atoms with E-state index in [1.165, 1.54) is 6.33 Å². The molecule has 0 amide bonds. The van der Waals surface area contributed by atoms with Crippen LogP contribution in [0, 0.1) is 6.92 Å². The Kier molecular flexibility index (Phi) is 4.68. The fraction of sp³-hybridized carbons (Fsp3) is 0.0909. The van der Waals surface area contributed by atoms with Crippen molar-refractivity contribution in [2.45, 2.75) is 13.5 Å². The van der Waals surface area contributed by atoms with Crippen LogP contribution in [0.1, 0.15) is 21.6 Å². The van der Waals surface area contributed by atoms with Gasteiger partial charge in [-0.05, 0) is 18.1 Å². The summed E-state index contributed by atoms with van der Waals surface area (Å²) in [5.74, 6) is 0. The second-order valence-corrected chi connectivity index (χ2v) is 6.29. The summed E-state index contributed by atoms with van der Waals surface area (Å²) in [5.41, 5.74) is 2.52. The van der Waals surface area contributed by atoms with Crippen LogP contribution < -0.4 is 10.4 Å². The van der Waals surface area contributed by atoms with E-state index in [4.69, 9.17) is 4.84 Å². The summed E-state index contributed by atoms with van der Waals surface area (Å²) in [6, 6.07) is 18.6. The average Bonchev–Trinajstić information content (AvgIpc) is 2.74. The Hall–Kier alpha value is -3.80. The topological polar surface area (TPSA) is 74.1 Å². The van der Waals surface area contributed by atoms with Crippen molar-refractivity contribution >= 4 is 17.3 Å². The van der Waals surface area contributed by atoms with Gasteiger partial charge in [0.25, 0.3) is 5.56 Å². The highest BCUT2D eigenvalue weighted by atomic mass is 16.7. The third kappa shape index (κ3) is 3.05. The normalized spacial score (nSPS) is 10.8. The van der Waals surface area contributed by atoms with Crippen molar-refractivity contribution in [1.29, 1.82) is 0 Å². The Morgan fingerprint density at radius 1 is 1.00 bits per heavy atom. The van der Waals surface area contributed by atoms with E-state index in [1.807, 2.05) is 48.5 Å². The van der Waals surface area contributed by atoms with Gasteiger partial charge in [-0.2, -0.15) is 0 Å². The van der Waals surface area contributed by atoms with E-state index in [0.29, 0.717) is 22.9 Å². The maximum Gasteiger partial charge on any atom is 0.293 e. The van der Waals surface area contributed by atoms with Gasteiger partial charge in [0.15, 0.2) is 11.9 Å². The second-order valence-electron chi connectivity index (χ2n) is 6.29. The van der Waals surface area contributed by atoms with Crippen LogP contribution in [0.2, 0.25) is 0 Å². The van der Waals surface area contributed by atoms with E-state index in [9.17, 15) is 9.59 Å². The molecule has 138 valence electrons. The largest absolute Gasteiger partial charge is 0.404 e. The van der Waals surface area contributed by atoms with E-state index in [0.717, 1.165) is 10.3 Å². The summed E-state index contributed by atoms with van der Waals surface area (Å²) in [4.78, 5) is 39.6. The molecule has 4 rings (SSSR count). The van der Waals surface area contributed by atoms with Gasteiger partial charge in [-0.15, -0.1) is 4.73 Å². The van der Waals surface area contributed by atoms with Crippen molar-refractivity contribution < 1.29 is 9.63 Å². The second kappa shape index (κ2) is 7.44. The molecule has 0 aliphatic heterocycles. The molecule has 2 aromatic heterocycles. The van der Waals surface area contributed by atoms with Crippen molar-refractivity contribution in [3.63, 3.8) is 0 Å². The molecule has 6 heteroatoms. The summed E-state index contributed by atoms with van der Waals surface area (Å²) in [5, 5.41) is 0.504. The summed E-state index contributed by atoms with van der Waals surface area (Å²) >= 11 is 0. The molecule has 0 saturated carbocycles. The lowest BCUT2D eigenvalue weighted by molar-refractivity contribution is 0.0979. The van der Waals surface area contributed by atoms with Gasteiger partial charge >= 0.3 is 0 Å². The van der Waals surface area contributed by atoms with E-state index < -0.39 is 5.56 Å². The highest BCUT2D eigenvalue weighted by Crippen LogP contribution is 2.26. The minimum atomic E-state index is -0.435. The number of hydrogen-bond acceptors (Lipinski definition) is 5. The molecule has 0 N–H and O–H groups in total. The van der Waals surface area contributed by atoms with Crippen LogP contribution in [-0.2, 0) is 6.61 Å². The van der Waals surface area contributed by atoms with Gasteiger partial charge in [-0.1, -0.05) is 60.7 Å². The van der Waals surface area contributed by atoms with Crippen molar-refractivity contribution in [1.82, 2.24) is 14.7 Å². The monoisotopic (exact) mass is 371 g/mol. The van der Waals surface area contributed by atoms with Gasteiger partial charge in [-0.3, -0.25) is 9.59 Å². The van der Waals surface area contributed by atoms with Gasteiger partial charge < -0.3 is 4.84 Å². The molecular weight excluding hydrogens is 354 g/mol. The predicted molar refractivity (Wildman–Crippen MR) is 106 cm³/mol. The highest BCUT2D eigenvalue weighted by molar-refractivity contribution is 6.02. The first-order valence-electron chi connectivity index (χ1n) is 8.79. The molecule has 2 heterocycles. The number of aryl methyl sites for hydroxylation is 1. The van der Waals surface area contributed by atoms with Crippen LogP contribution in [0.5, 0.6) is 0 Å². The Balaban J connectivity index is 1.98. The molecule has 0 aliphatic carbocycles. The zero-order valence-electron chi connectivity index (χ0n) is 15.2. The minimum Gasteiger partial charge on any atom is -0.404 e. The van der Waals surface area contributed by atoms with Crippen molar-refractivity contribution in [3.8, 4) is 11.1 Å². The maximum atomic E-state index is 13.3. The first-order chi connectivity index (χ1) is 13.7. The number of hydrogen-bond donors (Lipinski definition) is 0. The zero-order valence-corrected chi connectivity index (χ0v) is 15.2. The van der Waals surface area contributed by atoms with Gasteiger partial charge in [-0.25, -0.2) is 9.97 Å². The molecule has 0 atom stereocenters. The number of benzene rings is 2. The van der Waals surface area contributed by atoms with Crippen LogP contribution in [0.15, 0.2) is 71.8 Å². The third-order valence-electron chi connectivity index (χ3n) is 4.53. The van der Waals surface area contributed by atoms with E-state index in [1.54, 1.807) is 19.1 Å². The quantitative estimate of drug-likeness (QED) is 0.504. The summed E-state index contributed by atoms with van der Waals surface area (Å²) < 4.78 is 1.16. The molecule has 6 nitrogen and oxygen atoms in total. The molecule has 0 unspecified atom stereocenters. The number of pyridine rings is 1. The molecular formula is C22H17N3O3. The van der Waals surface area contributed by atoms with E-state index in [-0.39, 0.29) is 23.4 Å². The number of fused-ring (bicyclic) bond motifs is 1. The number of rotatable bonds is 5. The molecule has 0 bridgehead atoms. The Morgan fingerprint density at radius 2 is 1.68 bits per heavy atom. The van der Waals surface area contributed by atoms with Crippen molar-refractivity contribution in [3.05, 3.63) is 94.2 Å². The summed E-state index contributed by atoms with van der Waals surface area (Å²) in [6.45, 7) is 1.96. The molecule has 0 spiro atoms. The number of carbonyl (C=O) groups is 1. The molecule has 28 heavy (non-hydrogen) atoms. The maximum absolute atomic E-state index is 13.3. The lowest BCUT2D eigenvalue weighted by atomic mass is 9.99. The van der Waals surface area contributed by atoms with Crippen LogP contribution in [0.25, 0.3) is 22.2 Å². The molecule has 4 aromatic rings. The van der Waals surface area contributed by atoms with Crippen LogP contribution in [0.4, 0.5) is 0 Å². The number of aldehydes is 1. The van der Waals surface area contributed by atoms with Gasteiger partial charge in [0, 0.05) is 5.56 Å². The third-order valence-corrected chi connectivity index (χ3v) is 4.53. The Labute approximate surface area is 161 Å². The molecule has 0 aliphatic rings. The van der Waals surface area contributed by atoms with E-state index >= 15 is 0 Å². The van der Waals surface area contributed by atoms with E-state index in [2.05, 4.69) is 9.97 Å². The van der Waals surface area contributed by atoms with Crippen LogP contribution in [0.3, 0.4) is 0 Å². The Bertz CT molecular complexity index is 1200. The van der Waals surface area contributed by atoms with Crippen molar-refractivity contribution in [2.24, 2.45) is 0 Å². The zero-order chi connectivity index (χ0) is 19.5. The molecule has 2 aromatic carbocycles. The van der Waals surface area contributed by atoms with Crippen LogP contribution in [-0.4, -0.2) is 21.0 Å². The minimum absolute atomic E-state index is 0.188. The summed E-state index contributed by atoms with van der Waals surface area (Å²) in [6.07, 6.45) is 2.04. The lowest BCUT2D eigenvalue weighted by Crippen LogP contribution is -2.30. The number of nitrogens with zero attached hydrogens (tertiary/aromatic N) is 3. The molecule has 0 radical (unpaired) electrons. The summed E-state index contributed by atoms with van der Waals surface area (Å²) in [7, 11) is 0. The van der Waals surface area contributed by atoms with Crippen LogP contribution >= 0.6 is 0 Å². The lowest BCUT2D eigenvalue weighted by Gasteiger charge is -2.16. The van der Waals surface area contributed by atoms with Gasteiger partial charge in [0.2, 0.25) is 0 Å². The number of carbonyl (C=O) groups excluding carboxylic acids is 1. The van der Waals surface area contributed by atoms with Gasteiger partial charge in [0.05, 0.1) is 16.6 Å². The van der Waals surface area contributed by atoms with Gasteiger partial charge in [0.1, 0.15) is 12.9 Å². The number of aromatic nitrogens is 3. The van der Waals surface area contributed by atoms with Crippen molar-refractivity contribution in [2.75, 3.05) is 0 Å². The highest BCUT2D eigenvalue weighted by Gasteiger charge is 2.21. The molecule has 0 fully saturated rings. The fourth-order valence-corrected chi connectivity index (χ4v) is 3.20. The first-order valence-corrected chi connectivity index (χ1v) is 8.79. The Morgan fingerprint density at radius 3 is 2.36 bits per heavy atom. The molecule has 0 saturated heterocycles. The standard InChI is InChI=1S/C22H17N3O3/c1-15-19-18(12-26)20(17-10-6-3-7-11-17)22(27)25(21(19)24-14-23-15)28-13-16-8-4-2-5-9-16/h2-12,14H,13H2,1H3. The predicted octanol–water partition coefficient (Wildman–Crippen LogP) is 3.21. The SMILES string of the molecule is Cc1ncnc2c1c(C=O)c(-c1ccccc1)c(=O)n2OCc1ccccc1. The first kappa shape index (κ1) is 17.6.